The normalized spacial score (nSPS) is 21.4. The van der Waals surface area contributed by atoms with E-state index in [1.807, 2.05) is 6.07 Å². The first kappa shape index (κ1) is 25.7. The van der Waals surface area contributed by atoms with E-state index in [2.05, 4.69) is 30.3 Å². The Morgan fingerprint density at radius 2 is 2.11 bits per heavy atom. The van der Waals surface area contributed by atoms with Gasteiger partial charge < -0.3 is 29.8 Å². The number of nitrogens with two attached hydrogens (primary N) is 1. The highest BCUT2D eigenvalue weighted by Gasteiger charge is 2.35. The van der Waals surface area contributed by atoms with E-state index in [4.69, 9.17) is 24.5 Å². The van der Waals surface area contributed by atoms with Crippen molar-refractivity contribution >= 4 is 36.0 Å². The molecule has 3 heterocycles. The van der Waals surface area contributed by atoms with Gasteiger partial charge in [-0.3, -0.25) is 14.3 Å². The quantitative estimate of drug-likeness (QED) is 0.428. The van der Waals surface area contributed by atoms with Crippen LogP contribution >= 0.6 is 0 Å². The highest BCUT2D eigenvalue weighted by molar-refractivity contribution is 6.62. The van der Waals surface area contributed by atoms with Crippen LogP contribution in [0.5, 0.6) is 0 Å². The second-order valence-electron chi connectivity index (χ2n) is 9.81. The van der Waals surface area contributed by atoms with Crippen molar-refractivity contribution in [3.05, 3.63) is 35.5 Å². The topological polar surface area (TPSA) is 151 Å². The van der Waals surface area contributed by atoms with Gasteiger partial charge in [0.1, 0.15) is 5.56 Å². The number of ether oxygens (including phenoxy) is 2. The zero-order chi connectivity index (χ0) is 25.9. The van der Waals surface area contributed by atoms with E-state index in [9.17, 15) is 14.9 Å². The SMILES string of the molecule is COC(=O)Cc1cc(Nc2nn(C3COCC[C@@H]3C#N)cc2C(N)=O)ccc1B1OCC(C)(C)CO1. The lowest BCUT2D eigenvalue weighted by atomic mass is 9.72. The molecule has 3 N–H and O–H groups in total. The highest BCUT2D eigenvalue weighted by Crippen LogP contribution is 2.29. The van der Waals surface area contributed by atoms with Crippen LogP contribution in [0.3, 0.4) is 0 Å². The van der Waals surface area contributed by atoms with Gasteiger partial charge in [-0.15, -0.1) is 0 Å². The summed E-state index contributed by atoms with van der Waals surface area (Å²) in [4.78, 5) is 24.3. The third-order valence-electron chi connectivity index (χ3n) is 6.30. The number of anilines is 2. The van der Waals surface area contributed by atoms with Crippen molar-refractivity contribution in [3.8, 4) is 6.07 Å². The molecule has 1 aromatic carbocycles. The number of esters is 1. The van der Waals surface area contributed by atoms with E-state index < -0.39 is 19.0 Å². The summed E-state index contributed by atoms with van der Waals surface area (Å²) >= 11 is 0. The van der Waals surface area contributed by atoms with Crippen LogP contribution in [-0.4, -0.2) is 62.3 Å². The smallest absolute Gasteiger partial charge is 0.469 e. The van der Waals surface area contributed by atoms with E-state index in [1.54, 1.807) is 16.8 Å². The van der Waals surface area contributed by atoms with Crippen LogP contribution in [0, 0.1) is 22.7 Å². The largest absolute Gasteiger partial charge is 0.494 e. The number of nitriles is 1. The van der Waals surface area contributed by atoms with Crippen LogP contribution in [-0.2, 0) is 30.0 Å². The average Bonchev–Trinajstić information content (AvgIpc) is 3.28. The number of carbonyl (C=O) groups excluding carboxylic acids is 2. The Bertz CT molecular complexity index is 1170. The van der Waals surface area contributed by atoms with Crippen molar-refractivity contribution < 1.29 is 28.4 Å². The van der Waals surface area contributed by atoms with E-state index in [-0.39, 0.29) is 35.2 Å². The molecule has 1 unspecified atom stereocenters. The summed E-state index contributed by atoms with van der Waals surface area (Å²) in [6.45, 7) is 5.96. The lowest BCUT2D eigenvalue weighted by Crippen LogP contribution is -2.48. The van der Waals surface area contributed by atoms with Crippen LogP contribution in [0.1, 0.15) is 42.2 Å². The second kappa shape index (κ2) is 10.7. The van der Waals surface area contributed by atoms with Crippen molar-refractivity contribution in [3.63, 3.8) is 0 Å². The van der Waals surface area contributed by atoms with E-state index in [0.717, 1.165) is 5.46 Å². The summed E-state index contributed by atoms with van der Waals surface area (Å²) in [7, 11) is 0.719. The predicted octanol–water partition coefficient (Wildman–Crippen LogP) is 1.31. The molecule has 0 saturated carbocycles. The van der Waals surface area contributed by atoms with Crippen molar-refractivity contribution in [2.75, 3.05) is 38.9 Å². The van der Waals surface area contributed by atoms with Crippen molar-refractivity contribution in [1.82, 2.24) is 9.78 Å². The Hall–Kier alpha value is -3.40. The predicted molar refractivity (Wildman–Crippen MR) is 131 cm³/mol. The molecule has 0 radical (unpaired) electrons. The van der Waals surface area contributed by atoms with Gasteiger partial charge in [-0.25, -0.2) is 0 Å². The van der Waals surface area contributed by atoms with Gasteiger partial charge in [0.2, 0.25) is 0 Å². The first-order chi connectivity index (χ1) is 17.2. The minimum atomic E-state index is -0.660. The fraction of sp³-hybridized carbons (Fsp3) is 0.500. The number of carbonyl (C=O) groups is 2. The van der Waals surface area contributed by atoms with E-state index >= 15 is 0 Å². The Morgan fingerprint density at radius 1 is 1.36 bits per heavy atom. The molecule has 2 aliphatic heterocycles. The summed E-state index contributed by atoms with van der Waals surface area (Å²) in [5, 5.41) is 17.2. The van der Waals surface area contributed by atoms with Gasteiger partial charge in [-0.2, -0.15) is 10.4 Å². The van der Waals surface area contributed by atoms with Crippen molar-refractivity contribution in [2.24, 2.45) is 17.1 Å². The van der Waals surface area contributed by atoms with Crippen molar-refractivity contribution in [1.29, 1.82) is 5.26 Å². The Morgan fingerprint density at radius 3 is 2.78 bits per heavy atom. The summed E-state index contributed by atoms with van der Waals surface area (Å²) in [5.74, 6) is -1.12. The number of primary amides is 1. The maximum Gasteiger partial charge on any atom is 0.494 e. The first-order valence-electron chi connectivity index (χ1n) is 11.8. The van der Waals surface area contributed by atoms with Gasteiger partial charge in [0, 0.05) is 37.1 Å². The van der Waals surface area contributed by atoms with Crippen LogP contribution in [0.25, 0.3) is 0 Å². The molecule has 1 aromatic heterocycles. The Kier molecular flexibility index (Phi) is 7.63. The molecule has 2 fully saturated rings. The third-order valence-corrected chi connectivity index (χ3v) is 6.30. The minimum Gasteiger partial charge on any atom is -0.469 e. The van der Waals surface area contributed by atoms with Crippen LogP contribution in [0.2, 0.25) is 0 Å². The second-order valence-corrected chi connectivity index (χ2v) is 9.81. The van der Waals surface area contributed by atoms with Gasteiger partial charge in [-0.05, 0) is 29.6 Å². The fourth-order valence-electron chi connectivity index (χ4n) is 4.27. The number of hydrogen-bond acceptors (Lipinski definition) is 9. The third kappa shape index (κ3) is 5.70. The molecular weight excluding hydrogens is 465 g/mol. The average molecular weight is 495 g/mol. The summed E-state index contributed by atoms with van der Waals surface area (Å²) in [5.41, 5.74) is 7.65. The van der Waals surface area contributed by atoms with Crippen LogP contribution < -0.4 is 16.5 Å². The molecule has 36 heavy (non-hydrogen) atoms. The lowest BCUT2D eigenvalue weighted by Gasteiger charge is -2.33. The maximum atomic E-state index is 12.2. The molecule has 2 aromatic rings. The monoisotopic (exact) mass is 495 g/mol. The lowest BCUT2D eigenvalue weighted by molar-refractivity contribution is -0.139. The van der Waals surface area contributed by atoms with Gasteiger partial charge in [0.15, 0.2) is 5.82 Å². The number of methoxy groups -OCH3 is 1. The minimum absolute atomic E-state index is 0.00828. The molecule has 0 bridgehead atoms. The highest BCUT2D eigenvalue weighted by atomic mass is 16.6. The van der Waals surface area contributed by atoms with Gasteiger partial charge in [0.05, 0.1) is 38.2 Å². The van der Waals surface area contributed by atoms with Crippen LogP contribution in [0.4, 0.5) is 11.5 Å². The molecule has 12 heteroatoms. The number of nitrogens with zero attached hydrogens (tertiary/aromatic N) is 3. The van der Waals surface area contributed by atoms with Gasteiger partial charge >= 0.3 is 13.1 Å². The molecular formula is C24H30BN5O6. The molecule has 4 rings (SSSR count). The maximum absolute atomic E-state index is 12.2. The zero-order valence-electron chi connectivity index (χ0n) is 20.7. The van der Waals surface area contributed by atoms with Gasteiger partial charge in [-0.1, -0.05) is 19.9 Å². The molecule has 2 saturated heterocycles. The molecule has 2 aliphatic rings. The molecule has 0 spiro atoms. The van der Waals surface area contributed by atoms with Crippen LogP contribution in [0.15, 0.2) is 24.4 Å². The number of rotatable bonds is 7. The number of amides is 1. The number of aromatic nitrogens is 2. The fourth-order valence-corrected chi connectivity index (χ4v) is 4.27. The van der Waals surface area contributed by atoms with Gasteiger partial charge in [0.25, 0.3) is 5.91 Å². The molecule has 0 aliphatic carbocycles. The Labute approximate surface area is 210 Å². The molecule has 1 amide bonds. The summed E-state index contributed by atoms with van der Waals surface area (Å²) in [6, 6.07) is 7.32. The van der Waals surface area contributed by atoms with E-state index in [1.165, 1.54) is 13.3 Å². The van der Waals surface area contributed by atoms with E-state index in [0.29, 0.717) is 44.1 Å². The molecule has 190 valence electrons. The zero-order valence-corrected chi connectivity index (χ0v) is 20.7. The first-order valence-corrected chi connectivity index (χ1v) is 11.8. The molecule has 2 atom stereocenters. The molecule has 11 nitrogen and oxygen atoms in total. The summed E-state index contributed by atoms with van der Waals surface area (Å²) < 4.78 is 23.8. The standard InChI is InChI=1S/C24H30BN5O6/c1-24(2)13-35-25(36-14-24)19-5-4-17(8-16(19)9-21(31)33-3)28-23-18(22(27)32)11-30(29-23)20-12-34-7-6-15(20)10-26/h4-5,8,11,15,20H,6-7,9,12-14H2,1-3H3,(H2,27,32)(H,28,29)/t15-,20?/m1/s1. The van der Waals surface area contributed by atoms with Crippen molar-refractivity contribution in [2.45, 2.75) is 32.7 Å². The number of hydrogen-bond donors (Lipinski definition) is 2. The number of nitrogens with one attached hydrogen (secondary N) is 1. The summed E-state index contributed by atoms with van der Waals surface area (Å²) in [6.07, 6.45) is 2.12. The number of benzene rings is 1. The Balaban J connectivity index is 1.63.